The summed E-state index contributed by atoms with van der Waals surface area (Å²) in [6, 6.07) is 1.28. The Labute approximate surface area is 133 Å². The van der Waals surface area contributed by atoms with Crippen molar-refractivity contribution in [2.24, 2.45) is 17.3 Å². The Hall–Kier alpha value is -0.500. The van der Waals surface area contributed by atoms with E-state index in [1.165, 1.54) is 38.5 Å². The van der Waals surface area contributed by atoms with Gasteiger partial charge in [0, 0.05) is 17.8 Å². The van der Waals surface area contributed by atoms with Crippen LogP contribution in [0.4, 0.5) is 0 Å². The van der Waals surface area contributed by atoms with Crippen molar-refractivity contribution in [2.75, 3.05) is 7.05 Å². The maximum Gasteiger partial charge on any atom is 0.0292 e. The fraction of sp³-hybridized carbons (Fsp3) is 0.895. The normalized spacial score (nSPS) is 26.9. The second kappa shape index (κ2) is 8.22. The number of hydrogen-bond donors (Lipinski definition) is 2. The summed E-state index contributed by atoms with van der Waals surface area (Å²) in [6.07, 6.45) is 7.86. The van der Waals surface area contributed by atoms with Gasteiger partial charge in [0.1, 0.15) is 0 Å². The van der Waals surface area contributed by atoms with Crippen molar-refractivity contribution in [3.8, 4) is 0 Å². The van der Waals surface area contributed by atoms with E-state index in [4.69, 9.17) is 0 Å². The summed E-state index contributed by atoms with van der Waals surface area (Å²) < 4.78 is 0. The van der Waals surface area contributed by atoms with E-state index < -0.39 is 0 Å². The molecule has 0 saturated heterocycles. The first-order chi connectivity index (χ1) is 9.76. The van der Waals surface area contributed by atoms with Gasteiger partial charge >= 0.3 is 0 Å². The third-order valence-corrected chi connectivity index (χ3v) is 5.30. The van der Waals surface area contributed by atoms with Crippen LogP contribution in [0.3, 0.4) is 0 Å². The lowest BCUT2D eigenvalue weighted by Crippen LogP contribution is -2.49. The second-order valence-corrected chi connectivity index (χ2v) is 8.21. The summed E-state index contributed by atoms with van der Waals surface area (Å²) in [7, 11) is 2.11. The number of allylic oxidation sites excluding steroid dienone is 1. The van der Waals surface area contributed by atoms with Gasteiger partial charge in [0.2, 0.25) is 0 Å². The molecule has 0 spiro atoms. The van der Waals surface area contributed by atoms with Crippen LogP contribution < -0.4 is 10.6 Å². The quantitative estimate of drug-likeness (QED) is 0.677. The van der Waals surface area contributed by atoms with E-state index in [2.05, 4.69) is 58.9 Å². The van der Waals surface area contributed by atoms with Gasteiger partial charge in [-0.1, -0.05) is 47.1 Å². The Morgan fingerprint density at radius 2 is 1.95 bits per heavy atom. The summed E-state index contributed by atoms with van der Waals surface area (Å²) >= 11 is 0. The zero-order valence-corrected chi connectivity index (χ0v) is 15.3. The first-order valence-corrected chi connectivity index (χ1v) is 8.85. The fourth-order valence-electron chi connectivity index (χ4n) is 3.94. The molecule has 0 heterocycles. The molecule has 0 aromatic heterocycles. The second-order valence-electron chi connectivity index (χ2n) is 8.21. The predicted molar refractivity (Wildman–Crippen MR) is 94.4 cm³/mol. The standard InChI is InChI=1S/C19H38N2/c1-14(2)9-8-12-19(5,6)17-13-16(20-7)10-11-18(17)21-15(3)4/h14,16-18,20-21H,3,8-13H2,1-2,4-7H3. The molecule has 0 amide bonds. The Bertz CT molecular complexity index is 320. The molecule has 0 bridgehead atoms. The molecule has 1 aliphatic rings. The summed E-state index contributed by atoms with van der Waals surface area (Å²) in [6.45, 7) is 15.8. The van der Waals surface area contributed by atoms with Gasteiger partial charge in [-0.05, 0) is 56.9 Å². The van der Waals surface area contributed by atoms with E-state index in [0.29, 0.717) is 17.5 Å². The molecule has 1 saturated carbocycles. The Kier molecular flexibility index (Phi) is 7.26. The highest BCUT2D eigenvalue weighted by atomic mass is 15.0. The first kappa shape index (κ1) is 18.5. The third-order valence-electron chi connectivity index (χ3n) is 5.30. The van der Waals surface area contributed by atoms with E-state index in [1.807, 2.05) is 0 Å². The smallest absolute Gasteiger partial charge is 0.0292 e. The summed E-state index contributed by atoms with van der Waals surface area (Å²) in [5.41, 5.74) is 1.52. The molecule has 21 heavy (non-hydrogen) atoms. The lowest BCUT2D eigenvalue weighted by molar-refractivity contribution is 0.0913. The predicted octanol–water partition coefficient (Wildman–Crippen LogP) is 4.72. The molecule has 2 nitrogen and oxygen atoms in total. The van der Waals surface area contributed by atoms with Crippen LogP contribution in [-0.2, 0) is 0 Å². The van der Waals surface area contributed by atoms with Crippen LogP contribution in [-0.4, -0.2) is 19.1 Å². The monoisotopic (exact) mass is 294 g/mol. The molecule has 0 radical (unpaired) electrons. The van der Waals surface area contributed by atoms with E-state index in [9.17, 15) is 0 Å². The molecule has 124 valence electrons. The molecule has 3 atom stereocenters. The van der Waals surface area contributed by atoms with Crippen LogP contribution in [0.15, 0.2) is 12.3 Å². The minimum Gasteiger partial charge on any atom is -0.386 e. The van der Waals surface area contributed by atoms with Gasteiger partial charge in [0.15, 0.2) is 0 Å². The molecular formula is C19H38N2. The minimum atomic E-state index is 0.400. The molecule has 3 unspecified atom stereocenters. The van der Waals surface area contributed by atoms with Gasteiger partial charge in [-0.3, -0.25) is 0 Å². The van der Waals surface area contributed by atoms with Crippen LogP contribution in [0.5, 0.6) is 0 Å². The molecule has 0 aromatic carbocycles. The van der Waals surface area contributed by atoms with E-state index in [-0.39, 0.29) is 0 Å². The van der Waals surface area contributed by atoms with Crippen molar-refractivity contribution in [1.82, 2.24) is 10.6 Å². The zero-order valence-electron chi connectivity index (χ0n) is 15.3. The Morgan fingerprint density at radius 3 is 2.48 bits per heavy atom. The lowest BCUT2D eigenvalue weighted by atomic mass is 9.65. The van der Waals surface area contributed by atoms with Crippen molar-refractivity contribution in [3.63, 3.8) is 0 Å². The SMILES string of the molecule is C=C(C)NC1CCC(NC)CC1C(C)(C)CCCC(C)C. The van der Waals surface area contributed by atoms with Gasteiger partial charge in [0.25, 0.3) is 0 Å². The summed E-state index contributed by atoms with van der Waals surface area (Å²) in [5, 5.41) is 7.16. The molecule has 0 aromatic rings. The molecule has 0 aliphatic heterocycles. The van der Waals surface area contributed by atoms with Crippen LogP contribution >= 0.6 is 0 Å². The molecule has 2 N–H and O–H groups in total. The van der Waals surface area contributed by atoms with Crippen molar-refractivity contribution >= 4 is 0 Å². The number of hydrogen-bond acceptors (Lipinski definition) is 2. The molecule has 1 rings (SSSR count). The molecule has 1 fully saturated rings. The maximum absolute atomic E-state index is 4.06. The Morgan fingerprint density at radius 1 is 1.29 bits per heavy atom. The molecule has 1 aliphatic carbocycles. The average molecular weight is 295 g/mol. The summed E-state index contributed by atoms with van der Waals surface area (Å²) in [5.74, 6) is 1.55. The largest absolute Gasteiger partial charge is 0.386 e. The van der Waals surface area contributed by atoms with Crippen molar-refractivity contribution < 1.29 is 0 Å². The highest BCUT2D eigenvalue weighted by Crippen LogP contribution is 2.42. The van der Waals surface area contributed by atoms with Crippen molar-refractivity contribution in [1.29, 1.82) is 0 Å². The molecule has 2 heteroatoms. The lowest BCUT2D eigenvalue weighted by Gasteiger charge is -2.46. The first-order valence-electron chi connectivity index (χ1n) is 8.85. The molecular weight excluding hydrogens is 256 g/mol. The maximum atomic E-state index is 4.06. The van der Waals surface area contributed by atoms with Gasteiger partial charge in [-0.2, -0.15) is 0 Å². The highest BCUT2D eigenvalue weighted by Gasteiger charge is 2.39. The minimum absolute atomic E-state index is 0.400. The number of nitrogens with one attached hydrogen (secondary N) is 2. The van der Waals surface area contributed by atoms with Gasteiger partial charge < -0.3 is 10.6 Å². The van der Waals surface area contributed by atoms with E-state index in [1.54, 1.807) is 0 Å². The topological polar surface area (TPSA) is 24.1 Å². The fourth-order valence-corrected chi connectivity index (χ4v) is 3.94. The van der Waals surface area contributed by atoms with E-state index >= 15 is 0 Å². The average Bonchev–Trinajstić information content (AvgIpc) is 2.37. The zero-order chi connectivity index (χ0) is 16.0. The van der Waals surface area contributed by atoms with Crippen LogP contribution in [0.1, 0.15) is 73.1 Å². The highest BCUT2D eigenvalue weighted by molar-refractivity contribution is 4.99. The van der Waals surface area contributed by atoms with Crippen LogP contribution in [0.25, 0.3) is 0 Å². The van der Waals surface area contributed by atoms with Gasteiger partial charge in [-0.15, -0.1) is 0 Å². The third kappa shape index (κ3) is 6.02. The number of rotatable bonds is 8. The van der Waals surface area contributed by atoms with Crippen molar-refractivity contribution in [3.05, 3.63) is 12.3 Å². The van der Waals surface area contributed by atoms with Crippen LogP contribution in [0, 0.1) is 17.3 Å². The Balaban J connectivity index is 2.71. The van der Waals surface area contributed by atoms with E-state index in [0.717, 1.165) is 17.5 Å². The van der Waals surface area contributed by atoms with Crippen molar-refractivity contribution in [2.45, 2.75) is 85.2 Å². The van der Waals surface area contributed by atoms with Gasteiger partial charge in [0.05, 0.1) is 0 Å². The summed E-state index contributed by atoms with van der Waals surface area (Å²) in [4.78, 5) is 0. The van der Waals surface area contributed by atoms with Gasteiger partial charge in [-0.25, -0.2) is 0 Å². The van der Waals surface area contributed by atoms with Crippen LogP contribution in [0.2, 0.25) is 0 Å².